The summed E-state index contributed by atoms with van der Waals surface area (Å²) in [5.74, 6) is 0.124. The highest BCUT2D eigenvalue weighted by molar-refractivity contribution is 5.79. The number of hydrogen-bond donors (Lipinski definition) is 1. The van der Waals surface area contributed by atoms with Gasteiger partial charge in [0, 0.05) is 25.7 Å². The molecular formula is C26H28N2O. The highest BCUT2D eigenvalue weighted by atomic mass is 16.1. The van der Waals surface area contributed by atoms with Crippen LogP contribution in [-0.4, -0.2) is 29.9 Å². The fraction of sp³-hybridized carbons (Fsp3) is 0.269. The summed E-state index contributed by atoms with van der Waals surface area (Å²) in [5, 5.41) is 3.23. The van der Waals surface area contributed by atoms with Crippen LogP contribution in [0.4, 0.5) is 0 Å². The molecule has 1 aliphatic rings. The Bertz CT molecular complexity index is 898. The first-order chi connectivity index (χ1) is 14.3. The summed E-state index contributed by atoms with van der Waals surface area (Å²) in [5.41, 5.74) is 4.80. The predicted molar refractivity (Wildman–Crippen MR) is 118 cm³/mol. The van der Waals surface area contributed by atoms with Gasteiger partial charge in [-0.25, -0.2) is 0 Å². The molecule has 0 atom stereocenters. The molecule has 1 fully saturated rings. The molecule has 0 spiro atoms. The Labute approximate surface area is 173 Å². The molecule has 0 unspecified atom stereocenters. The molecular weight excluding hydrogens is 356 g/mol. The molecule has 3 nitrogen and oxygen atoms in total. The summed E-state index contributed by atoms with van der Waals surface area (Å²) in [4.78, 5) is 15.0. The van der Waals surface area contributed by atoms with Crippen molar-refractivity contribution < 1.29 is 4.79 Å². The molecule has 0 radical (unpaired) electrons. The smallest absolute Gasteiger partial charge is 0.224 e. The highest BCUT2D eigenvalue weighted by Crippen LogP contribution is 2.19. The number of carbonyl (C=O) groups is 1. The van der Waals surface area contributed by atoms with Gasteiger partial charge in [0.05, 0.1) is 6.42 Å². The Balaban J connectivity index is 1.23. The van der Waals surface area contributed by atoms with Gasteiger partial charge in [-0.2, -0.15) is 0 Å². The summed E-state index contributed by atoms with van der Waals surface area (Å²) < 4.78 is 0. The quantitative estimate of drug-likeness (QED) is 0.669. The van der Waals surface area contributed by atoms with Crippen LogP contribution in [0.5, 0.6) is 0 Å². The largest absolute Gasteiger partial charge is 0.353 e. The number of benzene rings is 3. The van der Waals surface area contributed by atoms with Crippen molar-refractivity contribution in [2.45, 2.75) is 31.8 Å². The van der Waals surface area contributed by atoms with Crippen molar-refractivity contribution in [1.82, 2.24) is 10.2 Å². The van der Waals surface area contributed by atoms with Crippen molar-refractivity contribution in [1.29, 1.82) is 0 Å². The van der Waals surface area contributed by atoms with Crippen molar-refractivity contribution >= 4 is 5.91 Å². The fourth-order valence-corrected chi connectivity index (χ4v) is 3.99. The number of hydrogen-bond acceptors (Lipinski definition) is 2. The van der Waals surface area contributed by atoms with E-state index in [-0.39, 0.29) is 11.9 Å². The number of carbonyl (C=O) groups excluding carboxylic acids is 1. The number of likely N-dealkylation sites (tertiary alicyclic amines) is 1. The number of piperidine rings is 1. The van der Waals surface area contributed by atoms with Crippen LogP contribution in [0.3, 0.4) is 0 Å². The van der Waals surface area contributed by atoms with Gasteiger partial charge in [0.25, 0.3) is 0 Å². The maximum Gasteiger partial charge on any atom is 0.224 e. The molecule has 29 heavy (non-hydrogen) atoms. The van der Waals surface area contributed by atoms with Gasteiger partial charge in [-0.05, 0) is 35.1 Å². The van der Waals surface area contributed by atoms with E-state index in [0.717, 1.165) is 38.0 Å². The first-order valence-electron chi connectivity index (χ1n) is 10.5. The van der Waals surface area contributed by atoms with E-state index in [1.54, 1.807) is 0 Å². The molecule has 1 N–H and O–H groups in total. The van der Waals surface area contributed by atoms with Crippen molar-refractivity contribution in [3.8, 4) is 11.1 Å². The third-order valence-electron chi connectivity index (χ3n) is 5.63. The van der Waals surface area contributed by atoms with Gasteiger partial charge < -0.3 is 5.32 Å². The molecule has 148 valence electrons. The Morgan fingerprint density at radius 1 is 0.759 bits per heavy atom. The van der Waals surface area contributed by atoms with Crippen LogP contribution in [0, 0.1) is 0 Å². The van der Waals surface area contributed by atoms with Crippen LogP contribution in [0.15, 0.2) is 84.9 Å². The van der Waals surface area contributed by atoms with Gasteiger partial charge >= 0.3 is 0 Å². The topological polar surface area (TPSA) is 32.3 Å². The zero-order chi connectivity index (χ0) is 19.9. The maximum absolute atomic E-state index is 12.5. The van der Waals surface area contributed by atoms with Crippen molar-refractivity contribution in [2.75, 3.05) is 13.1 Å². The fourth-order valence-electron chi connectivity index (χ4n) is 3.99. The first kappa shape index (κ1) is 19.4. The minimum Gasteiger partial charge on any atom is -0.353 e. The molecule has 3 aromatic carbocycles. The summed E-state index contributed by atoms with van der Waals surface area (Å²) in [6.07, 6.45) is 2.48. The molecule has 0 bridgehead atoms. The zero-order valence-corrected chi connectivity index (χ0v) is 16.8. The summed E-state index contributed by atoms with van der Waals surface area (Å²) in [6.45, 7) is 3.06. The predicted octanol–water partition coefficient (Wildman–Crippen LogP) is 4.68. The normalized spacial score (nSPS) is 15.2. The van der Waals surface area contributed by atoms with E-state index < -0.39 is 0 Å². The summed E-state index contributed by atoms with van der Waals surface area (Å²) >= 11 is 0. The van der Waals surface area contributed by atoms with Crippen LogP contribution in [-0.2, 0) is 17.8 Å². The molecule has 0 aliphatic carbocycles. The van der Waals surface area contributed by atoms with Gasteiger partial charge in [-0.15, -0.1) is 0 Å². The average Bonchev–Trinajstić information content (AvgIpc) is 2.77. The lowest BCUT2D eigenvalue weighted by Gasteiger charge is -2.32. The first-order valence-corrected chi connectivity index (χ1v) is 10.5. The SMILES string of the molecule is O=C(Cc1ccc(-c2ccccc2)cc1)NC1CCN(Cc2ccccc2)CC1. The van der Waals surface area contributed by atoms with E-state index in [4.69, 9.17) is 0 Å². The van der Waals surface area contributed by atoms with Crippen LogP contribution < -0.4 is 5.32 Å². The van der Waals surface area contributed by atoms with E-state index >= 15 is 0 Å². The number of amides is 1. The zero-order valence-electron chi connectivity index (χ0n) is 16.8. The monoisotopic (exact) mass is 384 g/mol. The molecule has 1 saturated heterocycles. The molecule has 1 amide bonds. The molecule has 4 rings (SSSR count). The minimum atomic E-state index is 0.124. The van der Waals surface area contributed by atoms with Crippen LogP contribution in [0.2, 0.25) is 0 Å². The van der Waals surface area contributed by atoms with Gasteiger partial charge in [-0.1, -0.05) is 84.9 Å². The molecule has 1 aliphatic heterocycles. The Morgan fingerprint density at radius 2 is 1.34 bits per heavy atom. The second-order valence-corrected chi connectivity index (χ2v) is 7.84. The Hall–Kier alpha value is -2.91. The third kappa shape index (κ3) is 5.55. The third-order valence-corrected chi connectivity index (χ3v) is 5.63. The second kappa shape index (κ2) is 9.53. The highest BCUT2D eigenvalue weighted by Gasteiger charge is 2.20. The van der Waals surface area contributed by atoms with Gasteiger partial charge in [0.1, 0.15) is 0 Å². The lowest BCUT2D eigenvalue weighted by atomic mass is 10.0. The van der Waals surface area contributed by atoms with Crippen LogP contribution in [0.1, 0.15) is 24.0 Å². The van der Waals surface area contributed by atoms with Gasteiger partial charge in [0.2, 0.25) is 5.91 Å². The lowest BCUT2D eigenvalue weighted by Crippen LogP contribution is -2.44. The minimum absolute atomic E-state index is 0.124. The van der Waals surface area contributed by atoms with Gasteiger partial charge in [-0.3, -0.25) is 9.69 Å². The van der Waals surface area contributed by atoms with Gasteiger partial charge in [0.15, 0.2) is 0 Å². The van der Waals surface area contributed by atoms with Crippen molar-refractivity contribution in [3.63, 3.8) is 0 Å². The Kier molecular flexibility index (Phi) is 6.38. The van der Waals surface area contributed by atoms with Crippen LogP contribution >= 0.6 is 0 Å². The molecule has 0 aromatic heterocycles. The van der Waals surface area contributed by atoms with E-state index in [1.165, 1.54) is 16.7 Å². The van der Waals surface area contributed by atoms with E-state index in [2.05, 4.69) is 76.9 Å². The molecule has 3 heteroatoms. The lowest BCUT2D eigenvalue weighted by molar-refractivity contribution is -0.121. The van der Waals surface area contributed by atoms with Crippen molar-refractivity contribution in [2.24, 2.45) is 0 Å². The molecule has 1 heterocycles. The van der Waals surface area contributed by atoms with Crippen molar-refractivity contribution in [3.05, 3.63) is 96.1 Å². The van der Waals surface area contributed by atoms with E-state index in [9.17, 15) is 4.79 Å². The summed E-state index contributed by atoms with van der Waals surface area (Å²) in [6, 6.07) is 29.5. The van der Waals surface area contributed by atoms with E-state index in [1.807, 2.05) is 18.2 Å². The van der Waals surface area contributed by atoms with E-state index in [0.29, 0.717) is 6.42 Å². The average molecular weight is 385 g/mol. The number of nitrogens with one attached hydrogen (secondary N) is 1. The van der Waals surface area contributed by atoms with Crippen LogP contribution in [0.25, 0.3) is 11.1 Å². The number of nitrogens with zero attached hydrogens (tertiary/aromatic N) is 1. The molecule has 3 aromatic rings. The molecule has 0 saturated carbocycles. The summed E-state index contributed by atoms with van der Waals surface area (Å²) in [7, 11) is 0. The number of rotatable bonds is 6. The maximum atomic E-state index is 12.5. The standard InChI is InChI=1S/C26H28N2O/c29-26(19-21-11-13-24(14-12-21)23-9-5-2-6-10-23)27-25-15-17-28(18-16-25)20-22-7-3-1-4-8-22/h1-14,25H,15-20H2,(H,27,29). The Morgan fingerprint density at radius 3 is 2.00 bits per heavy atom. The second-order valence-electron chi connectivity index (χ2n) is 7.84.